The fourth-order valence-corrected chi connectivity index (χ4v) is 8.59. The number of rotatable bonds is 15. The highest BCUT2D eigenvalue weighted by Crippen LogP contribution is 2.51. The Morgan fingerprint density at radius 1 is 0.505 bits per heavy atom. The summed E-state index contributed by atoms with van der Waals surface area (Å²) >= 11 is 5.66. The van der Waals surface area contributed by atoms with Crippen LogP contribution in [0, 0.1) is 0 Å². The maximum absolute atomic E-state index is 12.2. The number of aromatic nitrogens is 3. The van der Waals surface area contributed by atoms with Gasteiger partial charge in [-0.3, -0.25) is 4.90 Å². The zero-order valence-corrected chi connectivity index (χ0v) is 59.7. The van der Waals surface area contributed by atoms with Crippen LogP contribution in [0.1, 0.15) is 230 Å². The number of nitrogens with zero attached hydrogens (tertiary/aromatic N) is 6. The molecule has 542 valence electrons. The molecule has 0 bridgehead atoms. The molecular formula is C63H96ClN11O22. The summed E-state index contributed by atoms with van der Waals surface area (Å²) in [6.45, 7) is 26.9. The van der Waals surface area contributed by atoms with Gasteiger partial charge in [0.05, 0.1) is 55.2 Å². The van der Waals surface area contributed by atoms with E-state index in [4.69, 9.17) is 59.3 Å². The third-order valence-electron chi connectivity index (χ3n) is 14.5. The lowest BCUT2D eigenvalue weighted by molar-refractivity contribution is -0.110. The van der Waals surface area contributed by atoms with E-state index < -0.39 is 104 Å². The molecular weight excluding hydrogens is 1300 g/mol. The van der Waals surface area contributed by atoms with Gasteiger partial charge in [0.25, 0.3) is 0 Å². The molecule has 0 saturated heterocycles. The van der Waals surface area contributed by atoms with E-state index in [2.05, 4.69) is 66.6 Å². The highest BCUT2D eigenvalue weighted by Gasteiger charge is 2.55. The molecule has 0 aromatic carbocycles. The molecule has 6 aliphatic carbocycles. The predicted octanol–water partition coefficient (Wildman–Crippen LogP) is 9.78. The van der Waals surface area contributed by atoms with Crippen molar-refractivity contribution in [2.75, 3.05) is 35.4 Å². The van der Waals surface area contributed by atoms with Crippen LogP contribution >= 0.6 is 11.6 Å². The van der Waals surface area contributed by atoms with Gasteiger partial charge in [-0.05, 0) is 188 Å². The fraction of sp³-hybridized carbons (Fsp3) is 0.683. The molecule has 0 spiro atoms. The van der Waals surface area contributed by atoms with E-state index in [0.29, 0.717) is 24.2 Å². The second kappa shape index (κ2) is 31.6. The number of carbonyl (C=O) groups is 9. The maximum atomic E-state index is 12.2. The SMILES string of the molecule is CC(C)(C)OC(=O)NC1(/C(Cl)=N/O)CC1.CC(C)(C)OC(=O)NC1(/C=N/O)CC1.CC(C)(C)OC(=O)NC1(C=O)CC1.CNC1(c2cc(C(=O)OC)on2)CC1.COC(=O)c1cc(C2(N(C)C(=O)OC(C)(C)C)CC2)no1.COC(=O)c1cc(C2(NC(=O)OC(C)(C)C)CC2)no1. The van der Waals surface area contributed by atoms with E-state index in [-0.39, 0.29) is 28.0 Å². The van der Waals surface area contributed by atoms with Gasteiger partial charge in [0.15, 0.2) is 5.17 Å². The maximum Gasteiger partial charge on any atom is 0.410 e. The zero-order chi connectivity index (χ0) is 73.6. The standard InChI is InChI=1S/C14H20N2O5.C13H18N2O5.C9H15ClN2O3.C9H12N2O3.C9H16N2O3.C9H15NO3/c1-13(2,3)20-12(18)16(4)14(6-7-14)10-8-9(21-15-10)11(17)19-5;1-12(2,3)19-11(17)14-13(5-6-13)9-7-8(20-15-9)10(16)18-4;1-8(2,3)15-7(13)11-9(4-5-9)6(10)12-14;1-10-9(3-4-9)7-5-6(14-11-7)8(12)13-2;1-8(2,3)14-7(12)11-9(4-5-9)6-10-13;1-8(2,3)13-7(12)10-9(6-11)4-5-9/h8H,6-7H2,1-5H3;7H,5-6H2,1-4H3,(H,14,17);14H,4-5H2,1-3H3,(H,11,13);5,10H,3-4H2,1-2H3;6,13H,4-5H2,1-3H3,(H,11,12);6H,4-5H2,1-3H3,(H,10,12)/b;;12-6-;;10-6+;. The van der Waals surface area contributed by atoms with Crippen molar-refractivity contribution in [3.63, 3.8) is 0 Å². The number of hydrogen-bond donors (Lipinski definition) is 7. The Balaban J connectivity index is 0.000000250. The number of ether oxygens (including phenoxy) is 8. The normalized spacial score (nSPS) is 17.8. The molecule has 9 rings (SSSR count). The molecule has 5 amide bonds. The van der Waals surface area contributed by atoms with Crippen molar-refractivity contribution in [1.82, 2.24) is 47.0 Å². The number of methoxy groups -OCH3 is 3. The number of carbonyl (C=O) groups excluding carboxylic acids is 9. The number of aldehydes is 1. The van der Waals surface area contributed by atoms with Crippen molar-refractivity contribution in [2.24, 2.45) is 10.3 Å². The summed E-state index contributed by atoms with van der Waals surface area (Å²) < 4.78 is 54.1. The molecule has 6 aliphatic rings. The first-order valence-corrected chi connectivity index (χ1v) is 31.5. The van der Waals surface area contributed by atoms with Crippen molar-refractivity contribution in [3.05, 3.63) is 52.6 Å². The van der Waals surface area contributed by atoms with E-state index in [0.717, 1.165) is 76.2 Å². The number of alkyl carbamates (subject to hydrolysis) is 4. The van der Waals surface area contributed by atoms with E-state index >= 15 is 0 Å². The molecule has 6 fully saturated rings. The van der Waals surface area contributed by atoms with Crippen LogP contribution in [0.3, 0.4) is 0 Å². The molecule has 3 heterocycles. The van der Waals surface area contributed by atoms with Crippen molar-refractivity contribution in [1.29, 1.82) is 0 Å². The van der Waals surface area contributed by atoms with Crippen LogP contribution in [0.15, 0.2) is 42.1 Å². The Kier molecular flexibility index (Phi) is 26.3. The summed E-state index contributed by atoms with van der Waals surface area (Å²) in [5.74, 6) is -1.49. The van der Waals surface area contributed by atoms with Crippen molar-refractivity contribution in [2.45, 2.75) is 242 Å². The van der Waals surface area contributed by atoms with E-state index in [1.165, 1.54) is 44.6 Å². The minimum atomic E-state index is -0.710. The number of esters is 3. The first-order valence-electron chi connectivity index (χ1n) is 31.1. The summed E-state index contributed by atoms with van der Waals surface area (Å²) in [4.78, 5) is 104. The molecule has 33 nitrogen and oxygen atoms in total. The molecule has 3 aromatic rings. The molecule has 7 N–H and O–H groups in total. The van der Waals surface area contributed by atoms with Gasteiger partial charge >= 0.3 is 48.4 Å². The molecule has 3 aromatic heterocycles. The minimum Gasteiger partial charge on any atom is -0.463 e. The van der Waals surface area contributed by atoms with Gasteiger partial charge in [-0.2, -0.15) is 0 Å². The third kappa shape index (κ3) is 25.6. The number of nitrogens with one attached hydrogen (secondary N) is 5. The number of oxime groups is 2. The molecule has 0 radical (unpaired) electrons. The lowest BCUT2D eigenvalue weighted by Crippen LogP contribution is -2.44. The largest absolute Gasteiger partial charge is 0.463 e. The monoisotopic (exact) mass is 1390 g/mol. The Bertz CT molecular complexity index is 3300. The first kappa shape index (κ1) is 80.7. The molecule has 0 atom stereocenters. The highest BCUT2D eigenvalue weighted by molar-refractivity contribution is 6.68. The van der Waals surface area contributed by atoms with Gasteiger partial charge in [0.1, 0.15) is 56.9 Å². The summed E-state index contributed by atoms with van der Waals surface area (Å²) in [5, 5.41) is 48.0. The first-order chi connectivity index (χ1) is 44.7. The van der Waals surface area contributed by atoms with Crippen molar-refractivity contribution in [3.8, 4) is 0 Å². The topological polar surface area (TPSA) is 434 Å². The van der Waals surface area contributed by atoms with Gasteiger partial charge in [0, 0.05) is 25.2 Å². The Hall–Kier alpha value is -8.75. The second-order valence-electron chi connectivity index (χ2n) is 28.8. The minimum absolute atomic E-state index is 0.00615. The van der Waals surface area contributed by atoms with E-state index in [1.807, 2.05) is 27.8 Å². The average molecular weight is 1390 g/mol. The summed E-state index contributed by atoms with van der Waals surface area (Å²) in [7, 11) is 7.38. The summed E-state index contributed by atoms with van der Waals surface area (Å²) in [5.41, 5.74) is -3.92. The average Bonchev–Trinajstić information content (AvgIpc) is 1.60. The fourth-order valence-electron chi connectivity index (χ4n) is 8.36. The molecule has 34 heteroatoms. The molecule has 0 aliphatic heterocycles. The van der Waals surface area contributed by atoms with Gasteiger partial charge in [-0.15, -0.1) is 0 Å². The Labute approximate surface area is 568 Å². The van der Waals surface area contributed by atoms with E-state index in [1.54, 1.807) is 96.2 Å². The molecule has 97 heavy (non-hydrogen) atoms. The number of amides is 5. The lowest BCUT2D eigenvalue weighted by Gasteiger charge is -2.29. The van der Waals surface area contributed by atoms with Crippen LogP contribution in [0.2, 0.25) is 0 Å². The van der Waals surface area contributed by atoms with Gasteiger partial charge in [0.2, 0.25) is 17.3 Å². The summed E-state index contributed by atoms with van der Waals surface area (Å²) in [6.07, 6.45) is 8.93. The third-order valence-corrected chi connectivity index (χ3v) is 14.9. The highest BCUT2D eigenvalue weighted by atomic mass is 35.5. The van der Waals surface area contributed by atoms with Crippen LogP contribution in [0.4, 0.5) is 24.0 Å². The number of halogens is 1. The Morgan fingerprint density at radius 2 is 0.845 bits per heavy atom. The van der Waals surface area contributed by atoms with Crippen LogP contribution in [-0.2, 0) is 59.3 Å². The lowest BCUT2D eigenvalue weighted by atomic mass is 10.1. The number of hydrogen-bond acceptors (Lipinski definition) is 28. The quantitative estimate of drug-likeness (QED) is 0.0186. The molecule has 6 saturated carbocycles. The van der Waals surface area contributed by atoms with Crippen molar-refractivity contribution >= 4 is 77.6 Å². The van der Waals surface area contributed by atoms with Crippen LogP contribution < -0.4 is 26.6 Å². The van der Waals surface area contributed by atoms with E-state index in [9.17, 15) is 43.2 Å². The van der Waals surface area contributed by atoms with Crippen molar-refractivity contribution < 1.29 is 105 Å². The van der Waals surface area contributed by atoms with Gasteiger partial charge in [-0.25, -0.2) is 38.4 Å². The van der Waals surface area contributed by atoms with Gasteiger partial charge in [-0.1, -0.05) is 37.4 Å². The zero-order valence-electron chi connectivity index (χ0n) is 59.0. The smallest absolute Gasteiger partial charge is 0.410 e. The van der Waals surface area contributed by atoms with Crippen LogP contribution in [-0.4, -0.2) is 177 Å². The predicted molar refractivity (Wildman–Crippen MR) is 344 cm³/mol. The molecule has 0 unspecified atom stereocenters. The van der Waals surface area contributed by atoms with Gasteiger partial charge < -0.3 is 93.3 Å². The summed E-state index contributed by atoms with van der Waals surface area (Å²) in [6, 6.07) is 4.63. The second-order valence-corrected chi connectivity index (χ2v) is 29.2. The Morgan fingerprint density at radius 3 is 1.14 bits per heavy atom. The van der Waals surface area contributed by atoms with Crippen LogP contribution in [0.25, 0.3) is 0 Å². The van der Waals surface area contributed by atoms with Crippen LogP contribution in [0.5, 0.6) is 0 Å².